The van der Waals surface area contributed by atoms with Gasteiger partial charge in [0.05, 0.1) is 33.1 Å². The minimum atomic E-state index is -3.51. The van der Waals surface area contributed by atoms with Gasteiger partial charge in [-0.15, -0.1) is 0 Å². The van der Waals surface area contributed by atoms with Crippen molar-refractivity contribution in [3.05, 3.63) is 91.8 Å². The molecule has 29 heavy (non-hydrogen) atoms. The zero-order valence-corrected chi connectivity index (χ0v) is 16.1. The number of hydrogen-bond donors (Lipinski definition) is 0. The Bertz CT molecular complexity index is 1370. The van der Waals surface area contributed by atoms with E-state index in [2.05, 4.69) is 15.0 Å². The van der Waals surface area contributed by atoms with Crippen LogP contribution in [0.4, 0.5) is 0 Å². The highest BCUT2D eigenvalue weighted by Gasteiger charge is 2.34. The maximum absolute atomic E-state index is 15.0. The summed E-state index contributed by atoms with van der Waals surface area (Å²) in [6.07, 6.45) is 4.90. The molecule has 0 N–H and O–H groups in total. The Morgan fingerprint density at radius 3 is 1.17 bits per heavy atom. The molecule has 0 aliphatic heterocycles. The summed E-state index contributed by atoms with van der Waals surface area (Å²) >= 11 is 0. The molecule has 0 atom stereocenters. The van der Waals surface area contributed by atoms with Gasteiger partial charge in [-0.1, -0.05) is 36.4 Å². The fraction of sp³-hybridized carbons (Fsp3) is 0. The van der Waals surface area contributed by atoms with E-state index < -0.39 is 7.59 Å². The molecular formula is C21H15N6OP. The van der Waals surface area contributed by atoms with Crippen LogP contribution in [0.2, 0.25) is 0 Å². The van der Waals surface area contributed by atoms with Crippen LogP contribution in [0.25, 0.3) is 33.1 Å². The van der Waals surface area contributed by atoms with Crippen LogP contribution in [0.3, 0.4) is 0 Å². The van der Waals surface area contributed by atoms with Crippen molar-refractivity contribution in [1.29, 1.82) is 0 Å². The first-order valence-corrected chi connectivity index (χ1v) is 10.7. The second kappa shape index (κ2) is 5.90. The molecule has 0 spiro atoms. The fourth-order valence-electron chi connectivity index (χ4n) is 3.77. The van der Waals surface area contributed by atoms with E-state index in [1.54, 1.807) is 32.0 Å². The van der Waals surface area contributed by atoms with Gasteiger partial charge in [-0.25, -0.2) is 32.5 Å². The SMILES string of the molecule is O=P(n1cnc2ccccc21)(n1cnc2ccccc21)n1cnc2ccccc21. The molecule has 140 valence electrons. The molecule has 0 amide bonds. The molecule has 3 aromatic heterocycles. The highest BCUT2D eigenvalue weighted by Crippen LogP contribution is 2.54. The molecule has 0 aliphatic rings. The first kappa shape index (κ1) is 16.3. The van der Waals surface area contributed by atoms with Gasteiger partial charge in [0.25, 0.3) is 0 Å². The van der Waals surface area contributed by atoms with Crippen LogP contribution in [-0.2, 0) is 4.57 Å². The summed E-state index contributed by atoms with van der Waals surface area (Å²) in [6, 6.07) is 23.0. The van der Waals surface area contributed by atoms with Crippen LogP contribution in [0, 0.1) is 0 Å². The molecule has 0 bridgehead atoms. The third-order valence-electron chi connectivity index (χ3n) is 5.15. The van der Waals surface area contributed by atoms with E-state index in [4.69, 9.17) is 0 Å². The molecule has 0 radical (unpaired) electrons. The van der Waals surface area contributed by atoms with Gasteiger partial charge >= 0.3 is 7.59 Å². The van der Waals surface area contributed by atoms with Gasteiger partial charge in [0.15, 0.2) is 0 Å². The average Bonchev–Trinajstić information content (AvgIpc) is 3.49. The first-order valence-electron chi connectivity index (χ1n) is 9.16. The normalized spacial score (nSPS) is 12.3. The zero-order valence-electron chi connectivity index (χ0n) is 15.2. The van der Waals surface area contributed by atoms with Gasteiger partial charge in [-0.2, -0.15) is 0 Å². The molecule has 8 heteroatoms. The number of imidazole rings is 3. The molecule has 0 fully saturated rings. The lowest BCUT2D eigenvalue weighted by atomic mass is 10.3. The lowest BCUT2D eigenvalue weighted by Gasteiger charge is -2.23. The number of aromatic nitrogens is 6. The highest BCUT2D eigenvalue weighted by atomic mass is 31.2. The second-order valence-corrected chi connectivity index (χ2v) is 9.07. The summed E-state index contributed by atoms with van der Waals surface area (Å²) in [6.45, 7) is 0. The number of nitrogens with zero attached hydrogens (tertiary/aromatic N) is 6. The maximum Gasteiger partial charge on any atom is 0.376 e. The second-order valence-electron chi connectivity index (χ2n) is 6.75. The van der Waals surface area contributed by atoms with Crippen molar-refractivity contribution in [2.75, 3.05) is 0 Å². The molecule has 0 aliphatic carbocycles. The predicted molar refractivity (Wildman–Crippen MR) is 113 cm³/mol. The molecule has 7 nitrogen and oxygen atoms in total. The quantitative estimate of drug-likeness (QED) is 0.402. The molecule has 6 aromatic rings. The van der Waals surface area contributed by atoms with Crippen molar-refractivity contribution in [3.63, 3.8) is 0 Å². The Hall–Kier alpha value is -3.70. The Morgan fingerprint density at radius 1 is 0.517 bits per heavy atom. The standard InChI is InChI=1S/C21H15N6OP/c28-29(25-13-22-16-7-1-4-10-19(16)25,26-14-23-17-8-2-5-11-20(17)26)27-15-24-18-9-3-6-12-21(18)27/h1-15H. The van der Waals surface area contributed by atoms with Crippen LogP contribution in [0.1, 0.15) is 0 Å². The summed E-state index contributed by atoms with van der Waals surface area (Å²) in [5.41, 5.74) is 4.69. The van der Waals surface area contributed by atoms with Crippen LogP contribution >= 0.6 is 7.59 Å². The monoisotopic (exact) mass is 398 g/mol. The summed E-state index contributed by atoms with van der Waals surface area (Å²) < 4.78 is 20.2. The highest BCUT2D eigenvalue weighted by molar-refractivity contribution is 7.59. The summed E-state index contributed by atoms with van der Waals surface area (Å²) in [5.74, 6) is 0. The Kier molecular flexibility index (Phi) is 3.31. The molecule has 0 saturated carbocycles. The van der Waals surface area contributed by atoms with Crippen molar-refractivity contribution in [2.45, 2.75) is 0 Å². The van der Waals surface area contributed by atoms with Gasteiger partial charge in [0.1, 0.15) is 19.0 Å². The Labute approximate surface area is 165 Å². The predicted octanol–water partition coefficient (Wildman–Crippen LogP) is 4.79. The van der Waals surface area contributed by atoms with Crippen molar-refractivity contribution in [2.24, 2.45) is 0 Å². The number of hydrogen-bond acceptors (Lipinski definition) is 4. The minimum Gasteiger partial charge on any atom is -0.248 e. The number of fused-ring (bicyclic) bond motifs is 3. The van der Waals surface area contributed by atoms with E-state index >= 15 is 4.57 Å². The van der Waals surface area contributed by atoms with E-state index in [-0.39, 0.29) is 0 Å². The lowest BCUT2D eigenvalue weighted by Crippen LogP contribution is -2.12. The lowest BCUT2D eigenvalue weighted by molar-refractivity contribution is 0.556. The van der Waals surface area contributed by atoms with Gasteiger partial charge in [-0.05, 0) is 36.4 Å². The van der Waals surface area contributed by atoms with Gasteiger partial charge < -0.3 is 0 Å². The molecular weight excluding hydrogens is 383 g/mol. The summed E-state index contributed by atoms with van der Waals surface area (Å²) in [7, 11) is -3.51. The van der Waals surface area contributed by atoms with Crippen molar-refractivity contribution >= 4 is 40.7 Å². The third-order valence-corrected chi connectivity index (χ3v) is 7.79. The minimum absolute atomic E-state index is 0.779. The molecule has 3 aromatic carbocycles. The van der Waals surface area contributed by atoms with Crippen molar-refractivity contribution in [3.8, 4) is 0 Å². The Morgan fingerprint density at radius 2 is 0.828 bits per heavy atom. The maximum atomic E-state index is 15.0. The van der Waals surface area contributed by atoms with Crippen molar-refractivity contribution in [1.82, 2.24) is 28.0 Å². The largest absolute Gasteiger partial charge is 0.376 e. The van der Waals surface area contributed by atoms with E-state index in [9.17, 15) is 0 Å². The van der Waals surface area contributed by atoms with E-state index in [0.29, 0.717) is 0 Å². The van der Waals surface area contributed by atoms with Crippen LogP contribution in [0.15, 0.2) is 91.8 Å². The topological polar surface area (TPSA) is 70.5 Å². The zero-order chi connectivity index (χ0) is 19.4. The molecule has 0 unspecified atom stereocenters. The number of benzene rings is 3. The van der Waals surface area contributed by atoms with E-state index in [1.807, 2.05) is 72.8 Å². The van der Waals surface area contributed by atoms with Gasteiger partial charge in [0, 0.05) is 0 Å². The van der Waals surface area contributed by atoms with Crippen LogP contribution < -0.4 is 0 Å². The van der Waals surface area contributed by atoms with Gasteiger partial charge in [0.2, 0.25) is 0 Å². The van der Waals surface area contributed by atoms with Crippen LogP contribution in [0.5, 0.6) is 0 Å². The van der Waals surface area contributed by atoms with Crippen LogP contribution in [-0.4, -0.2) is 28.0 Å². The van der Waals surface area contributed by atoms with Gasteiger partial charge in [-0.3, -0.25) is 0 Å². The average molecular weight is 398 g/mol. The summed E-state index contributed by atoms with van der Waals surface area (Å²) in [5, 5.41) is 0. The molecule has 3 heterocycles. The first-order chi connectivity index (χ1) is 14.3. The van der Waals surface area contributed by atoms with Crippen molar-refractivity contribution < 1.29 is 4.57 Å². The van der Waals surface area contributed by atoms with E-state index in [0.717, 1.165) is 33.1 Å². The van der Waals surface area contributed by atoms with E-state index in [1.165, 1.54) is 0 Å². The smallest absolute Gasteiger partial charge is 0.248 e. The third kappa shape index (κ3) is 2.19. The Balaban J connectivity index is 1.77. The number of para-hydroxylation sites is 6. The summed E-state index contributed by atoms with van der Waals surface area (Å²) in [4.78, 5) is 13.5. The fourth-order valence-corrected chi connectivity index (χ4v) is 6.30. The molecule has 0 saturated heterocycles. The number of rotatable bonds is 3. The molecule has 6 rings (SSSR count).